The van der Waals surface area contributed by atoms with Crippen LogP contribution in [0.15, 0.2) is 42.8 Å². The van der Waals surface area contributed by atoms with Crippen molar-refractivity contribution in [2.24, 2.45) is 0 Å². The Morgan fingerprint density at radius 3 is 2.62 bits per heavy atom. The molecule has 0 atom stereocenters. The Morgan fingerprint density at radius 2 is 1.97 bits per heavy atom. The third kappa shape index (κ3) is 4.98. The maximum atomic E-state index is 14.1. The molecule has 0 spiro atoms. The van der Waals surface area contributed by atoms with E-state index in [9.17, 15) is 9.18 Å². The first kappa shape index (κ1) is 23.4. The van der Waals surface area contributed by atoms with E-state index in [1.807, 2.05) is 6.92 Å². The van der Waals surface area contributed by atoms with Crippen molar-refractivity contribution >= 4 is 46.9 Å². The molecule has 2 aromatic heterocycles. The maximum absolute atomic E-state index is 14.1. The van der Waals surface area contributed by atoms with Gasteiger partial charge in [-0.15, -0.1) is 0 Å². The predicted octanol–water partition coefficient (Wildman–Crippen LogP) is 5.55. The topological polar surface area (TPSA) is 77.4 Å². The lowest BCUT2D eigenvalue weighted by molar-refractivity contribution is 0.0593. The van der Waals surface area contributed by atoms with Gasteiger partial charge in [0.1, 0.15) is 11.6 Å². The van der Waals surface area contributed by atoms with Crippen LogP contribution in [-0.2, 0) is 9.47 Å². The molecule has 0 radical (unpaired) electrons. The highest BCUT2D eigenvalue weighted by atomic mass is 35.5. The summed E-state index contributed by atoms with van der Waals surface area (Å²) in [7, 11) is 2.92. The van der Waals surface area contributed by atoms with E-state index in [0.29, 0.717) is 28.6 Å². The zero-order chi connectivity index (χ0) is 23.3. The minimum Gasteiger partial charge on any atom is -0.501 e. The van der Waals surface area contributed by atoms with Gasteiger partial charge in [0.25, 0.3) is 0 Å². The third-order valence-corrected chi connectivity index (χ3v) is 4.96. The van der Waals surface area contributed by atoms with Crippen molar-refractivity contribution in [3.63, 3.8) is 0 Å². The average molecular weight is 477 g/mol. The Labute approximate surface area is 194 Å². The molecule has 166 valence electrons. The highest BCUT2D eigenvalue weighted by Crippen LogP contribution is 2.33. The van der Waals surface area contributed by atoms with Crippen molar-refractivity contribution in [1.29, 1.82) is 0 Å². The minimum atomic E-state index is -0.707. The Hall–Kier alpha value is -3.23. The van der Waals surface area contributed by atoms with Gasteiger partial charge in [-0.05, 0) is 43.3 Å². The zero-order valence-corrected chi connectivity index (χ0v) is 19.0. The lowest BCUT2D eigenvalue weighted by Crippen LogP contribution is -2.19. The molecule has 3 aromatic rings. The molecule has 7 nitrogen and oxygen atoms in total. The summed E-state index contributed by atoms with van der Waals surface area (Å²) in [4.78, 5) is 27.4. The number of halogens is 3. The zero-order valence-electron chi connectivity index (χ0n) is 17.5. The van der Waals surface area contributed by atoms with Crippen LogP contribution in [0.2, 0.25) is 10.0 Å². The van der Waals surface area contributed by atoms with E-state index in [4.69, 9.17) is 32.7 Å². The molecule has 2 heterocycles. The summed E-state index contributed by atoms with van der Waals surface area (Å²) < 4.78 is 24.3. The number of methoxy groups -OCH3 is 1. The lowest BCUT2D eigenvalue weighted by Gasteiger charge is -2.22. The van der Waals surface area contributed by atoms with Gasteiger partial charge in [0.2, 0.25) is 0 Å². The number of ether oxygens (including phenoxy) is 2. The molecule has 0 N–H and O–H groups in total. The first-order valence-corrected chi connectivity index (χ1v) is 10.2. The number of nitrogens with zero attached hydrogens (tertiary/aromatic N) is 4. The number of hydrogen-bond acceptors (Lipinski definition) is 7. The summed E-state index contributed by atoms with van der Waals surface area (Å²) in [6.07, 6.45) is 4.54. The number of benzene rings is 1. The number of pyridine rings is 1. The molecule has 0 fully saturated rings. The Kier molecular flexibility index (Phi) is 7.61. The van der Waals surface area contributed by atoms with Crippen molar-refractivity contribution in [1.82, 2.24) is 15.0 Å². The highest BCUT2D eigenvalue weighted by Gasteiger charge is 2.24. The summed E-state index contributed by atoms with van der Waals surface area (Å²) in [5, 5.41) is 0.322. The van der Waals surface area contributed by atoms with E-state index in [1.54, 1.807) is 42.4 Å². The van der Waals surface area contributed by atoms with E-state index >= 15 is 0 Å². The number of esters is 1. The molecule has 10 heteroatoms. The molecular formula is C22H19Cl2FN4O3. The van der Waals surface area contributed by atoms with Crippen LogP contribution in [0.5, 0.6) is 0 Å². The van der Waals surface area contributed by atoms with Gasteiger partial charge < -0.3 is 14.4 Å². The molecule has 0 amide bonds. The second-order valence-electron chi connectivity index (χ2n) is 6.38. The molecule has 0 aliphatic carbocycles. The standard InChI is InChI=1S/C22H19Cl2FN4O3/c1-4-32-11-9-14-18(22(30)31-3)27-19(13-7-8-15(23)17(25)12-13)28-20(14)29(2)21-16(24)6-5-10-26-21/h5-12H,4H2,1-3H3. The molecule has 0 aliphatic heterocycles. The van der Waals surface area contributed by atoms with Crippen LogP contribution < -0.4 is 4.90 Å². The molecule has 32 heavy (non-hydrogen) atoms. The summed E-state index contributed by atoms with van der Waals surface area (Å²) in [5.41, 5.74) is 0.588. The predicted molar refractivity (Wildman–Crippen MR) is 122 cm³/mol. The maximum Gasteiger partial charge on any atom is 0.357 e. The smallest absolute Gasteiger partial charge is 0.357 e. The molecule has 1 aromatic carbocycles. The SMILES string of the molecule is CCOC=Cc1c(C(=O)OC)nc(-c2ccc(Cl)c(F)c2)nc1N(C)c1ncccc1Cl. The molecule has 3 rings (SSSR count). The summed E-state index contributed by atoms with van der Waals surface area (Å²) >= 11 is 12.1. The molecule has 0 unspecified atom stereocenters. The normalized spacial score (nSPS) is 10.9. The Morgan fingerprint density at radius 1 is 1.19 bits per heavy atom. The van der Waals surface area contributed by atoms with Crippen LogP contribution in [-0.4, -0.2) is 41.7 Å². The molecule has 0 saturated carbocycles. The van der Waals surface area contributed by atoms with Gasteiger partial charge in [-0.2, -0.15) is 0 Å². The molecule has 0 bridgehead atoms. The monoisotopic (exact) mass is 476 g/mol. The largest absolute Gasteiger partial charge is 0.501 e. The second-order valence-corrected chi connectivity index (χ2v) is 7.19. The van der Waals surface area contributed by atoms with Crippen molar-refractivity contribution in [3.05, 3.63) is 69.9 Å². The van der Waals surface area contributed by atoms with E-state index in [0.717, 1.165) is 0 Å². The summed E-state index contributed by atoms with van der Waals surface area (Å²) in [5.74, 6) is -0.592. The number of aromatic nitrogens is 3. The van der Waals surface area contributed by atoms with Crippen molar-refractivity contribution < 1.29 is 18.7 Å². The van der Waals surface area contributed by atoms with Crippen LogP contribution in [0, 0.1) is 5.82 Å². The van der Waals surface area contributed by atoms with Gasteiger partial charge in [0, 0.05) is 18.8 Å². The fourth-order valence-corrected chi connectivity index (χ4v) is 3.19. The van der Waals surface area contributed by atoms with Gasteiger partial charge in [-0.3, -0.25) is 0 Å². The number of hydrogen-bond donors (Lipinski definition) is 0. The van der Waals surface area contributed by atoms with Gasteiger partial charge in [0.15, 0.2) is 17.3 Å². The second kappa shape index (κ2) is 10.4. The molecular weight excluding hydrogens is 458 g/mol. The van der Waals surface area contributed by atoms with Crippen LogP contribution in [0.4, 0.5) is 16.0 Å². The van der Waals surface area contributed by atoms with Gasteiger partial charge in [0.05, 0.1) is 35.6 Å². The summed E-state index contributed by atoms with van der Waals surface area (Å²) in [6, 6.07) is 7.49. The van der Waals surface area contributed by atoms with E-state index < -0.39 is 11.8 Å². The Bertz CT molecular complexity index is 1170. The fraction of sp³-hybridized carbons (Fsp3) is 0.182. The van der Waals surface area contributed by atoms with Gasteiger partial charge in [-0.1, -0.05) is 23.2 Å². The van der Waals surface area contributed by atoms with E-state index in [1.165, 1.54) is 25.5 Å². The van der Waals surface area contributed by atoms with Crippen molar-refractivity contribution in [2.45, 2.75) is 6.92 Å². The quantitative estimate of drug-likeness (QED) is 0.326. The third-order valence-electron chi connectivity index (χ3n) is 4.35. The molecule has 0 aliphatic rings. The minimum absolute atomic E-state index is 0.0438. The number of carbonyl (C=O) groups is 1. The van der Waals surface area contributed by atoms with Crippen molar-refractivity contribution in [2.75, 3.05) is 25.7 Å². The first-order valence-electron chi connectivity index (χ1n) is 9.45. The summed E-state index contributed by atoms with van der Waals surface area (Å²) in [6.45, 7) is 2.24. The van der Waals surface area contributed by atoms with Crippen LogP contribution in [0.3, 0.4) is 0 Å². The van der Waals surface area contributed by atoms with Crippen molar-refractivity contribution in [3.8, 4) is 11.4 Å². The van der Waals surface area contributed by atoms with Crippen LogP contribution in [0.1, 0.15) is 23.0 Å². The molecule has 0 saturated heterocycles. The highest BCUT2D eigenvalue weighted by molar-refractivity contribution is 6.33. The van der Waals surface area contributed by atoms with Gasteiger partial charge >= 0.3 is 5.97 Å². The number of carbonyl (C=O) groups excluding carboxylic acids is 1. The van der Waals surface area contributed by atoms with Crippen LogP contribution in [0.25, 0.3) is 17.5 Å². The van der Waals surface area contributed by atoms with Crippen LogP contribution >= 0.6 is 23.2 Å². The number of rotatable bonds is 7. The van der Waals surface area contributed by atoms with E-state index in [2.05, 4.69) is 15.0 Å². The average Bonchev–Trinajstić information content (AvgIpc) is 2.80. The lowest BCUT2D eigenvalue weighted by atomic mass is 10.1. The number of anilines is 2. The fourth-order valence-electron chi connectivity index (χ4n) is 2.82. The van der Waals surface area contributed by atoms with E-state index in [-0.39, 0.29) is 22.4 Å². The Balaban J connectivity index is 2.30. The first-order chi connectivity index (χ1) is 15.4. The van der Waals surface area contributed by atoms with Gasteiger partial charge in [-0.25, -0.2) is 24.1 Å².